The SMILES string of the molecule is COc1ccc(OC2CCN(S(=O)(=O)Cc3ccc(F)cc3)C2)nn1. The second kappa shape index (κ2) is 7.32. The van der Waals surface area contributed by atoms with Gasteiger partial charge in [-0.15, -0.1) is 10.2 Å². The Hall–Kier alpha value is -2.26. The van der Waals surface area contributed by atoms with Crippen molar-refractivity contribution in [3.63, 3.8) is 0 Å². The fourth-order valence-corrected chi connectivity index (χ4v) is 4.15. The summed E-state index contributed by atoms with van der Waals surface area (Å²) in [6.45, 7) is 0.620. The molecule has 1 fully saturated rings. The number of sulfonamides is 1. The zero-order chi connectivity index (χ0) is 17.9. The Morgan fingerprint density at radius 2 is 1.84 bits per heavy atom. The van der Waals surface area contributed by atoms with E-state index in [-0.39, 0.29) is 18.4 Å². The van der Waals surface area contributed by atoms with E-state index in [4.69, 9.17) is 9.47 Å². The lowest BCUT2D eigenvalue weighted by Crippen LogP contribution is -2.32. The Labute approximate surface area is 145 Å². The quantitative estimate of drug-likeness (QED) is 0.772. The summed E-state index contributed by atoms with van der Waals surface area (Å²) in [5.74, 6) is 0.143. The molecule has 7 nitrogen and oxygen atoms in total. The number of ether oxygens (including phenoxy) is 2. The van der Waals surface area contributed by atoms with E-state index in [9.17, 15) is 12.8 Å². The van der Waals surface area contributed by atoms with Crippen LogP contribution < -0.4 is 9.47 Å². The van der Waals surface area contributed by atoms with E-state index in [1.54, 1.807) is 12.1 Å². The molecule has 1 aromatic heterocycles. The summed E-state index contributed by atoms with van der Waals surface area (Å²) in [5, 5.41) is 7.69. The summed E-state index contributed by atoms with van der Waals surface area (Å²) >= 11 is 0. The molecule has 2 aromatic rings. The number of methoxy groups -OCH3 is 1. The number of hydrogen-bond acceptors (Lipinski definition) is 6. The lowest BCUT2D eigenvalue weighted by atomic mass is 10.2. The first-order valence-corrected chi connectivity index (χ1v) is 9.34. The van der Waals surface area contributed by atoms with Crippen molar-refractivity contribution in [2.45, 2.75) is 18.3 Å². The summed E-state index contributed by atoms with van der Waals surface area (Å²) in [5.41, 5.74) is 0.548. The van der Waals surface area contributed by atoms with Gasteiger partial charge in [-0.1, -0.05) is 12.1 Å². The van der Waals surface area contributed by atoms with Crippen LogP contribution in [0.2, 0.25) is 0 Å². The van der Waals surface area contributed by atoms with Crippen molar-refractivity contribution in [1.82, 2.24) is 14.5 Å². The Bertz CT molecular complexity index is 812. The van der Waals surface area contributed by atoms with Gasteiger partial charge in [-0.25, -0.2) is 12.8 Å². The molecule has 1 aromatic carbocycles. The first kappa shape index (κ1) is 17.6. The third-order valence-corrected chi connectivity index (χ3v) is 5.69. The van der Waals surface area contributed by atoms with Crippen molar-refractivity contribution >= 4 is 10.0 Å². The summed E-state index contributed by atoms with van der Waals surface area (Å²) < 4.78 is 49.9. The van der Waals surface area contributed by atoms with Crippen molar-refractivity contribution in [3.8, 4) is 11.8 Å². The molecule has 0 radical (unpaired) electrons. The largest absolute Gasteiger partial charge is 0.480 e. The number of nitrogens with zero attached hydrogens (tertiary/aromatic N) is 3. The highest BCUT2D eigenvalue weighted by Crippen LogP contribution is 2.21. The van der Waals surface area contributed by atoms with Gasteiger partial charge in [-0.05, 0) is 24.1 Å². The fourth-order valence-electron chi connectivity index (χ4n) is 2.58. The van der Waals surface area contributed by atoms with Crippen molar-refractivity contribution in [2.24, 2.45) is 0 Å². The minimum Gasteiger partial charge on any atom is -0.480 e. The predicted molar refractivity (Wildman–Crippen MR) is 88.2 cm³/mol. The lowest BCUT2D eigenvalue weighted by molar-refractivity contribution is 0.203. The zero-order valence-electron chi connectivity index (χ0n) is 13.6. The normalized spacial score (nSPS) is 18.2. The number of rotatable bonds is 6. The van der Waals surface area contributed by atoms with Gasteiger partial charge in [0.05, 0.1) is 19.4 Å². The van der Waals surface area contributed by atoms with Crippen LogP contribution >= 0.6 is 0 Å². The molecule has 1 aliphatic heterocycles. The smallest absolute Gasteiger partial charge is 0.233 e. The minimum absolute atomic E-state index is 0.164. The molecule has 1 atom stereocenters. The molecule has 0 bridgehead atoms. The maximum atomic E-state index is 12.9. The van der Waals surface area contributed by atoms with Crippen molar-refractivity contribution in [3.05, 3.63) is 47.8 Å². The Morgan fingerprint density at radius 3 is 2.48 bits per heavy atom. The molecule has 3 rings (SSSR count). The van der Waals surface area contributed by atoms with E-state index in [2.05, 4.69) is 10.2 Å². The highest BCUT2D eigenvalue weighted by atomic mass is 32.2. The van der Waals surface area contributed by atoms with Crippen LogP contribution in [0.15, 0.2) is 36.4 Å². The molecule has 0 N–H and O–H groups in total. The predicted octanol–water partition coefficient (Wildman–Crippen LogP) is 1.61. The second-order valence-electron chi connectivity index (χ2n) is 5.68. The first-order chi connectivity index (χ1) is 12.0. The molecule has 25 heavy (non-hydrogen) atoms. The van der Waals surface area contributed by atoms with Crippen molar-refractivity contribution in [1.29, 1.82) is 0 Å². The van der Waals surface area contributed by atoms with Crippen LogP contribution in [-0.2, 0) is 15.8 Å². The van der Waals surface area contributed by atoms with E-state index in [1.165, 1.54) is 35.7 Å². The summed E-state index contributed by atoms with van der Waals surface area (Å²) in [6, 6.07) is 8.71. The van der Waals surface area contributed by atoms with Gasteiger partial charge in [0.2, 0.25) is 21.8 Å². The van der Waals surface area contributed by atoms with Gasteiger partial charge >= 0.3 is 0 Å². The fraction of sp³-hybridized carbons (Fsp3) is 0.375. The highest BCUT2D eigenvalue weighted by Gasteiger charge is 2.32. The van der Waals surface area contributed by atoms with Crippen LogP contribution in [0.4, 0.5) is 4.39 Å². The van der Waals surface area contributed by atoms with Gasteiger partial charge in [0, 0.05) is 18.7 Å². The van der Waals surface area contributed by atoms with Gasteiger partial charge in [0.25, 0.3) is 0 Å². The highest BCUT2D eigenvalue weighted by molar-refractivity contribution is 7.88. The molecular formula is C16H18FN3O4S. The number of halogens is 1. The number of hydrogen-bond donors (Lipinski definition) is 0. The van der Waals surface area contributed by atoms with E-state index >= 15 is 0 Å². The summed E-state index contributed by atoms with van der Waals surface area (Å²) in [4.78, 5) is 0. The van der Waals surface area contributed by atoms with Crippen LogP contribution in [0.25, 0.3) is 0 Å². The van der Waals surface area contributed by atoms with Crippen molar-refractivity contribution < 1.29 is 22.3 Å². The average molecular weight is 367 g/mol. The molecule has 9 heteroatoms. The van der Waals surface area contributed by atoms with E-state index < -0.39 is 15.8 Å². The van der Waals surface area contributed by atoms with E-state index in [1.807, 2.05) is 0 Å². The van der Waals surface area contributed by atoms with Gasteiger partial charge in [-0.3, -0.25) is 0 Å². The molecule has 1 unspecified atom stereocenters. The van der Waals surface area contributed by atoms with E-state index in [0.29, 0.717) is 30.3 Å². The Morgan fingerprint density at radius 1 is 1.16 bits per heavy atom. The minimum atomic E-state index is -3.49. The average Bonchev–Trinajstić information content (AvgIpc) is 3.07. The van der Waals surface area contributed by atoms with Gasteiger partial charge in [0.1, 0.15) is 11.9 Å². The number of aromatic nitrogens is 2. The first-order valence-electron chi connectivity index (χ1n) is 7.73. The standard InChI is InChI=1S/C16H18FN3O4S/c1-23-15-6-7-16(19-18-15)24-14-8-9-20(10-14)25(21,22)11-12-2-4-13(17)5-3-12/h2-7,14H,8-11H2,1H3. The van der Waals surface area contributed by atoms with Crippen molar-refractivity contribution in [2.75, 3.05) is 20.2 Å². The molecule has 1 aliphatic rings. The third-order valence-electron chi connectivity index (χ3n) is 3.88. The number of benzene rings is 1. The van der Waals surface area contributed by atoms with Gasteiger partial charge in [-0.2, -0.15) is 4.31 Å². The molecule has 0 saturated carbocycles. The van der Waals surface area contributed by atoms with E-state index in [0.717, 1.165) is 0 Å². The molecule has 0 aliphatic carbocycles. The topological polar surface area (TPSA) is 81.6 Å². The third kappa shape index (κ3) is 4.43. The summed E-state index contributed by atoms with van der Waals surface area (Å²) in [7, 11) is -2.00. The van der Waals surface area contributed by atoms with Gasteiger partial charge in [0.15, 0.2) is 0 Å². The molecule has 1 saturated heterocycles. The molecule has 0 amide bonds. The Kier molecular flexibility index (Phi) is 5.14. The Balaban J connectivity index is 1.59. The van der Waals surface area contributed by atoms with Crippen LogP contribution in [-0.4, -0.2) is 49.2 Å². The van der Waals surface area contributed by atoms with Crippen LogP contribution in [0.1, 0.15) is 12.0 Å². The van der Waals surface area contributed by atoms with Crippen LogP contribution in [0, 0.1) is 5.82 Å². The monoisotopic (exact) mass is 367 g/mol. The molecule has 2 heterocycles. The van der Waals surface area contributed by atoms with Crippen LogP contribution in [0.5, 0.6) is 11.8 Å². The summed E-state index contributed by atoms with van der Waals surface area (Å²) in [6.07, 6.45) is 0.279. The molecule has 134 valence electrons. The molecular weight excluding hydrogens is 349 g/mol. The maximum absolute atomic E-state index is 12.9. The van der Waals surface area contributed by atoms with Crippen LogP contribution in [0.3, 0.4) is 0 Å². The lowest BCUT2D eigenvalue weighted by Gasteiger charge is -2.17. The second-order valence-corrected chi connectivity index (χ2v) is 7.65. The van der Waals surface area contributed by atoms with Gasteiger partial charge < -0.3 is 9.47 Å². The maximum Gasteiger partial charge on any atom is 0.233 e. The molecule has 0 spiro atoms. The zero-order valence-corrected chi connectivity index (χ0v) is 14.4.